The summed E-state index contributed by atoms with van der Waals surface area (Å²) in [6.45, 7) is 2.50. The molecule has 1 aliphatic heterocycles. The topological polar surface area (TPSA) is 75.0 Å². The van der Waals surface area contributed by atoms with E-state index in [0.717, 1.165) is 12.8 Å². The summed E-state index contributed by atoms with van der Waals surface area (Å²) in [6.07, 6.45) is 3.33. The molecular formula is C19H18ClFN4O2. The number of aromatic nitrogens is 3. The van der Waals surface area contributed by atoms with Gasteiger partial charge in [0, 0.05) is 30.3 Å². The van der Waals surface area contributed by atoms with E-state index in [2.05, 4.69) is 15.1 Å². The molecule has 0 spiro atoms. The summed E-state index contributed by atoms with van der Waals surface area (Å²) < 4.78 is 18.5. The third kappa shape index (κ3) is 3.60. The summed E-state index contributed by atoms with van der Waals surface area (Å²) in [6, 6.07) is 7.42. The zero-order valence-electron chi connectivity index (χ0n) is 14.7. The quantitative estimate of drug-likeness (QED) is 0.727. The van der Waals surface area contributed by atoms with Gasteiger partial charge in [0.2, 0.25) is 0 Å². The van der Waals surface area contributed by atoms with Crippen molar-refractivity contribution in [1.29, 1.82) is 0 Å². The van der Waals surface area contributed by atoms with Crippen molar-refractivity contribution in [2.24, 2.45) is 0 Å². The van der Waals surface area contributed by atoms with Crippen molar-refractivity contribution in [3.8, 4) is 11.6 Å². The maximum Gasteiger partial charge on any atom is 0.274 e. The Kier molecular flexibility index (Phi) is 4.70. The van der Waals surface area contributed by atoms with Gasteiger partial charge in [0.15, 0.2) is 5.82 Å². The Hall–Kier alpha value is -2.67. The average Bonchev–Trinajstić information content (AvgIpc) is 3.31. The average molecular weight is 389 g/mol. The summed E-state index contributed by atoms with van der Waals surface area (Å²) in [5.41, 5.74) is 1.13. The van der Waals surface area contributed by atoms with Crippen LogP contribution in [-0.4, -0.2) is 38.5 Å². The molecule has 1 aromatic carbocycles. The number of rotatable bonds is 3. The van der Waals surface area contributed by atoms with E-state index in [-0.39, 0.29) is 23.7 Å². The van der Waals surface area contributed by atoms with Gasteiger partial charge in [-0.15, -0.1) is 0 Å². The molecule has 0 bridgehead atoms. The molecule has 1 saturated heterocycles. The molecule has 3 heterocycles. The number of carbonyl (C=O) groups is 1. The Morgan fingerprint density at radius 1 is 1.33 bits per heavy atom. The first-order chi connectivity index (χ1) is 13.0. The van der Waals surface area contributed by atoms with Crippen molar-refractivity contribution < 1.29 is 13.7 Å². The lowest BCUT2D eigenvalue weighted by Gasteiger charge is -2.37. The number of benzene rings is 1. The summed E-state index contributed by atoms with van der Waals surface area (Å²) in [4.78, 5) is 22.1. The molecule has 0 saturated carbocycles. The van der Waals surface area contributed by atoms with Crippen molar-refractivity contribution in [3.63, 3.8) is 0 Å². The molecule has 4 rings (SSSR count). The van der Waals surface area contributed by atoms with Crippen molar-refractivity contribution in [1.82, 2.24) is 20.0 Å². The van der Waals surface area contributed by atoms with E-state index in [9.17, 15) is 9.18 Å². The number of hydrogen-bond acceptors (Lipinski definition) is 4. The highest BCUT2D eigenvalue weighted by Crippen LogP contribution is 2.31. The monoisotopic (exact) mass is 388 g/mol. The van der Waals surface area contributed by atoms with Crippen LogP contribution >= 0.6 is 11.6 Å². The van der Waals surface area contributed by atoms with Crippen LogP contribution in [0.2, 0.25) is 5.02 Å². The van der Waals surface area contributed by atoms with Gasteiger partial charge < -0.3 is 14.4 Å². The van der Waals surface area contributed by atoms with Crippen molar-refractivity contribution >= 4 is 17.5 Å². The number of amides is 1. The minimum Gasteiger partial charge on any atom is -0.356 e. The van der Waals surface area contributed by atoms with Gasteiger partial charge in [-0.1, -0.05) is 16.8 Å². The predicted octanol–water partition coefficient (Wildman–Crippen LogP) is 4.27. The molecule has 1 amide bonds. The lowest BCUT2D eigenvalue weighted by molar-refractivity contribution is 0.0604. The minimum absolute atomic E-state index is 0.0199. The Morgan fingerprint density at radius 2 is 2.11 bits per heavy atom. The smallest absolute Gasteiger partial charge is 0.274 e. The van der Waals surface area contributed by atoms with Crippen LogP contribution in [0.1, 0.15) is 41.9 Å². The molecule has 1 N–H and O–H groups in total. The number of nitrogens with zero attached hydrogens (tertiary/aromatic N) is 3. The van der Waals surface area contributed by atoms with Gasteiger partial charge >= 0.3 is 0 Å². The van der Waals surface area contributed by atoms with Crippen LogP contribution in [0.3, 0.4) is 0 Å². The van der Waals surface area contributed by atoms with Gasteiger partial charge in [0.05, 0.1) is 5.02 Å². The van der Waals surface area contributed by atoms with Gasteiger partial charge in [-0.05, 0) is 50.1 Å². The SMILES string of the molecule is CC1CCC(c2noc(-c3cc(Cl)c[nH]3)n2)CN1C(=O)c1ccc(F)cc1. The zero-order valence-corrected chi connectivity index (χ0v) is 15.4. The van der Waals surface area contributed by atoms with E-state index in [1.165, 1.54) is 24.3 Å². The number of H-pyrrole nitrogens is 1. The number of likely N-dealkylation sites (tertiary alicyclic amines) is 1. The minimum atomic E-state index is -0.361. The van der Waals surface area contributed by atoms with Crippen LogP contribution in [0.25, 0.3) is 11.6 Å². The fourth-order valence-corrected chi connectivity index (χ4v) is 3.52. The van der Waals surface area contributed by atoms with Crippen molar-refractivity contribution in [2.75, 3.05) is 6.54 Å². The van der Waals surface area contributed by atoms with E-state index < -0.39 is 0 Å². The lowest BCUT2D eigenvalue weighted by Crippen LogP contribution is -2.45. The molecule has 27 heavy (non-hydrogen) atoms. The Labute approximate surface area is 160 Å². The summed E-state index contributed by atoms with van der Waals surface area (Å²) >= 11 is 5.92. The maximum absolute atomic E-state index is 13.1. The molecule has 1 aliphatic rings. The molecule has 8 heteroatoms. The highest BCUT2D eigenvalue weighted by atomic mass is 35.5. The van der Waals surface area contributed by atoms with Crippen LogP contribution in [-0.2, 0) is 0 Å². The summed E-state index contributed by atoms with van der Waals surface area (Å²) in [5, 5.41) is 4.65. The summed E-state index contributed by atoms with van der Waals surface area (Å²) in [7, 11) is 0. The van der Waals surface area contributed by atoms with E-state index in [4.69, 9.17) is 16.1 Å². The fraction of sp³-hybridized carbons (Fsp3) is 0.316. The van der Waals surface area contributed by atoms with E-state index in [1.54, 1.807) is 17.2 Å². The zero-order chi connectivity index (χ0) is 19.0. The second-order valence-corrected chi connectivity index (χ2v) is 7.21. The van der Waals surface area contributed by atoms with Crippen molar-refractivity contribution in [3.05, 3.63) is 58.8 Å². The third-order valence-electron chi connectivity index (χ3n) is 4.92. The molecule has 0 aliphatic carbocycles. The second kappa shape index (κ2) is 7.15. The fourth-order valence-electron chi connectivity index (χ4n) is 3.36. The normalized spacial score (nSPS) is 20.0. The molecule has 2 unspecified atom stereocenters. The standard InChI is InChI=1S/C19H18ClFN4O2/c1-11-2-3-13(10-25(11)19(26)12-4-6-15(21)7-5-12)17-23-18(27-24-17)16-8-14(20)9-22-16/h4-9,11,13,22H,2-3,10H2,1H3. The first-order valence-corrected chi connectivity index (χ1v) is 9.13. The van der Waals surface area contributed by atoms with Crippen LogP contribution in [0.5, 0.6) is 0 Å². The number of aromatic amines is 1. The largest absolute Gasteiger partial charge is 0.356 e. The third-order valence-corrected chi connectivity index (χ3v) is 5.14. The van der Waals surface area contributed by atoms with Gasteiger partial charge in [0.25, 0.3) is 11.8 Å². The molecule has 6 nitrogen and oxygen atoms in total. The maximum atomic E-state index is 13.1. The second-order valence-electron chi connectivity index (χ2n) is 6.78. The molecular weight excluding hydrogens is 371 g/mol. The highest BCUT2D eigenvalue weighted by Gasteiger charge is 2.32. The van der Waals surface area contributed by atoms with Gasteiger partial charge in [-0.3, -0.25) is 4.79 Å². The first-order valence-electron chi connectivity index (χ1n) is 8.75. The number of carbonyl (C=O) groups excluding carboxylic acids is 1. The molecule has 2 atom stereocenters. The van der Waals surface area contributed by atoms with Crippen molar-refractivity contribution in [2.45, 2.75) is 31.7 Å². The highest BCUT2D eigenvalue weighted by molar-refractivity contribution is 6.30. The molecule has 0 radical (unpaired) electrons. The van der Waals surface area contributed by atoms with E-state index in [1.807, 2.05) is 6.92 Å². The molecule has 3 aromatic rings. The van der Waals surface area contributed by atoms with E-state index in [0.29, 0.717) is 34.5 Å². The van der Waals surface area contributed by atoms with Gasteiger partial charge in [-0.25, -0.2) is 4.39 Å². The van der Waals surface area contributed by atoms with Gasteiger partial charge in [0.1, 0.15) is 11.5 Å². The first kappa shape index (κ1) is 17.7. The van der Waals surface area contributed by atoms with Crippen LogP contribution in [0.15, 0.2) is 41.1 Å². The number of hydrogen-bond donors (Lipinski definition) is 1. The van der Waals surface area contributed by atoms with Crippen LogP contribution in [0, 0.1) is 5.82 Å². The number of piperidine rings is 1. The van der Waals surface area contributed by atoms with Crippen LogP contribution < -0.4 is 0 Å². The molecule has 2 aromatic heterocycles. The number of halogens is 2. The number of nitrogens with one attached hydrogen (secondary N) is 1. The van der Waals surface area contributed by atoms with Gasteiger partial charge in [-0.2, -0.15) is 4.98 Å². The summed E-state index contributed by atoms with van der Waals surface area (Å²) in [5.74, 6) is 0.437. The Balaban J connectivity index is 1.53. The molecule has 140 valence electrons. The molecule has 1 fully saturated rings. The van der Waals surface area contributed by atoms with Crippen LogP contribution in [0.4, 0.5) is 4.39 Å². The Bertz CT molecular complexity index is 953. The van der Waals surface area contributed by atoms with E-state index >= 15 is 0 Å². The Morgan fingerprint density at radius 3 is 2.81 bits per heavy atom. The lowest BCUT2D eigenvalue weighted by atomic mass is 9.92. The predicted molar refractivity (Wildman–Crippen MR) is 98.0 cm³/mol.